The summed E-state index contributed by atoms with van der Waals surface area (Å²) in [5.41, 5.74) is 7.85. The highest BCUT2D eigenvalue weighted by Crippen LogP contribution is 2.41. The van der Waals surface area contributed by atoms with E-state index in [1.807, 2.05) is 18.2 Å². The monoisotopic (exact) mass is 355 g/mol. The van der Waals surface area contributed by atoms with E-state index in [2.05, 4.69) is 15.9 Å². The second-order valence-corrected chi connectivity index (χ2v) is 6.19. The Morgan fingerprint density at radius 2 is 2.05 bits per heavy atom. The van der Waals surface area contributed by atoms with Crippen molar-refractivity contribution in [2.24, 2.45) is 5.73 Å². The molecule has 2 nitrogen and oxygen atoms in total. The maximum atomic E-state index is 13.5. The highest BCUT2D eigenvalue weighted by Gasteiger charge is 2.27. The lowest BCUT2D eigenvalue weighted by atomic mass is 9.93. The van der Waals surface area contributed by atoms with Crippen LogP contribution in [0.5, 0.6) is 5.75 Å². The summed E-state index contributed by atoms with van der Waals surface area (Å²) in [5, 5.41) is 0.359. The van der Waals surface area contributed by atoms with Crippen molar-refractivity contribution < 1.29 is 9.13 Å². The van der Waals surface area contributed by atoms with Crippen molar-refractivity contribution in [2.75, 3.05) is 0 Å². The summed E-state index contributed by atoms with van der Waals surface area (Å²) < 4.78 is 20.3. The van der Waals surface area contributed by atoms with Crippen molar-refractivity contribution in [1.29, 1.82) is 0 Å². The van der Waals surface area contributed by atoms with E-state index in [4.69, 9.17) is 22.1 Å². The predicted molar refractivity (Wildman–Crippen MR) is 80.5 cm³/mol. The molecule has 0 aliphatic carbocycles. The Labute approximate surface area is 129 Å². The van der Waals surface area contributed by atoms with Gasteiger partial charge in [-0.1, -0.05) is 33.6 Å². The van der Waals surface area contributed by atoms with Crippen LogP contribution in [0.1, 0.15) is 29.7 Å². The molecule has 1 aliphatic rings. The van der Waals surface area contributed by atoms with Gasteiger partial charge in [-0.3, -0.25) is 0 Å². The fraction of sp³-hybridized carbons (Fsp3) is 0.200. The van der Waals surface area contributed by atoms with Crippen molar-refractivity contribution in [3.05, 3.63) is 62.8 Å². The van der Waals surface area contributed by atoms with Crippen LogP contribution in [0.2, 0.25) is 5.02 Å². The lowest BCUT2D eigenvalue weighted by Gasteiger charge is -2.30. The molecule has 2 N–H and O–H groups in total. The number of rotatable bonds is 1. The highest BCUT2D eigenvalue weighted by atomic mass is 79.9. The van der Waals surface area contributed by atoms with E-state index in [0.29, 0.717) is 17.0 Å². The summed E-state index contributed by atoms with van der Waals surface area (Å²) in [4.78, 5) is 0. The number of fused-ring (bicyclic) bond motifs is 1. The molecule has 0 amide bonds. The first-order valence-corrected chi connectivity index (χ1v) is 7.38. The zero-order valence-electron chi connectivity index (χ0n) is 10.4. The van der Waals surface area contributed by atoms with E-state index >= 15 is 0 Å². The van der Waals surface area contributed by atoms with Gasteiger partial charge >= 0.3 is 0 Å². The van der Waals surface area contributed by atoms with Crippen LogP contribution in [0.4, 0.5) is 4.39 Å². The molecule has 0 radical (unpaired) electrons. The number of ether oxygens (including phenoxy) is 1. The summed E-state index contributed by atoms with van der Waals surface area (Å²) >= 11 is 9.30. The normalized spacial score (nSPS) is 21.2. The van der Waals surface area contributed by atoms with Gasteiger partial charge < -0.3 is 10.5 Å². The van der Waals surface area contributed by atoms with Crippen LogP contribution in [0.25, 0.3) is 0 Å². The number of halogens is 3. The molecular formula is C15H12BrClFNO. The van der Waals surface area contributed by atoms with Gasteiger partial charge in [-0.15, -0.1) is 0 Å². The Kier molecular flexibility index (Phi) is 3.71. The molecule has 0 bridgehead atoms. The van der Waals surface area contributed by atoms with Crippen LogP contribution < -0.4 is 10.5 Å². The average Bonchev–Trinajstić information content (AvgIpc) is 2.36. The quantitative estimate of drug-likeness (QED) is 0.799. The maximum Gasteiger partial charge on any atom is 0.126 e. The molecule has 5 heteroatoms. The fourth-order valence-electron chi connectivity index (χ4n) is 2.44. The van der Waals surface area contributed by atoms with Gasteiger partial charge in [-0.25, -0.2) is 4.39 Å². The molecule has 3 rings (SSSR count). The molecule has 2 aromatic rings. The Bertz CT molecular complexity index is 644. The van der Waals surface area contributed by atoms with E-state index in [0.717, 1.165) is 15.8 Å². The number of nitrogens with two attached hydrogens (primary N) is 1. The minimum absolute atomic E-state index is 0.140. The van der Waals surface area contributed by atoms with Crippen LogP contribution in [0, 0.1) is 5.82 Å². The zero-order valence-corrected chi connectivity index (χ0v) is 12.8. The molecule has 104 valence electrons. The third kappa shape index (κ3) is 2.68. The van der Waals surface area contributed by atoms with Gasteiger partial charge in [-0.2, -0.15) is 0 Å². The molecule has 2 atom stereocenters. The zero-order chi connectivity index (χ0) is 14.3. The standard InChI is InChI=1S/C15H12BrClFNO/c16-9-1-2-12-13(19)7-14(20-15(12)5-9)8-3-10(17)6-11(18)4-8/h1-6,13-14H,7,19H2/t13-,14?/m1/s1. The van der Waals surface area contributed by atoms with Crippen molar-refractivity contribution in [1.82, 2.24) is 0 Å². The first-order chi connectivity index (χ1) is 9.52. The average molecular weight is 357 g/mol. The van der Waals surface area contributed by atoms with Gasteiger partial charge in [0.25, 0.3) is 0 Å². The molecule has 0 saturated heterocycles. The second-order valence-electron chi connectivity index (χ2n) is 4.83. The van der Waals surface area contributed by atoms with Gasteiger partial charge in [0.1, 0.15) is 17.7 Å². The lowest BCUT2D eigenvalue weighted by Crippen LogP contribution is -2.24. The van der Waals surface area contributed by atoms with E-state index in [9.17, 15) is 4.39 Å². The summed E-state index contributed by atoms with van der Waals surface area (Å²) in [6.45, 7) is 0. The Morgan fingerprint density at radius 1 is 1.25 bits per heavy atom. The van der Waals surface area contributed by atoms with Crippen molar-refractivity contribution in [2.45, 2.75) is 18.6 Å². The molecule has 1 unspecified atom stereocenters. The highest BCUT2D eigenvalue weighted by molar-refractivity contribution is 9.10. The predicted octanol–water partition coefficient (Wildman–Crippen LogP) is 4.77. The number of hydrogen-bond acceptors (Lipinski definition) is 2. The summed E-state index contributed by atoms with van der Waals surface area (Å²) in [5.74, 6) is 0.355. The molecular weight excluding hydrogens is 345 g/mol. The molecule has 2 aromatic carbocycles. The van der Waals surface area contributed by atoms with Gasteiger partial charge in [0.15, 0.2) is 0 Å². The Morgan fingerprint density at radius 3 is 2.80 bits per heavy atom. The summed E-state index contributed by atoms with van der Waals surface area (Å²) in [7, 11) is 0. The molecule has 1 heterocycles. The summed E-state index contributed by atoms with van der Waals surface area (Å²) in [6, 6.07) is 10.0. The fourth-order valence-corrected chi connectivity index (χ4v) is 3.01. The molecule has 0 aromatic heterocycles. The molecule has 0 fully saturated rings. The third-order valence-electron chi connectivity index (χ3n) is 3.37. The molecule has 0 saturated carbocycles. The van der Waals surface area contributed by atoms with E-state index in [-0.39, 0.29) is 18.0 Å². The van der Waals surface area contributed by atoms with Crippen molar-refractivity contribution in [3.63, 3.8) is 0 Å². The minimum Gasteiger partial charge on any atom is -0.485 e. The van der Waals surface area contributed by atoms with Gasteiger partial charge in [0.05, 0.1) is 0 Å². The molecule has 1 aliphatic heterocycles. The number of benzene rings is 2. The van der Waals surface area contributed by atoms with E-state index < -0.39 is 0 Å². The van der Waals surface area contributed by atoms with Crippen molar-refractivity contribution >= 4 is 27.5 Å². The lowest BCUT2D eigenvalue weighted by molar-refractivity contribution is 0.161. The largest absolute Gasteiger partial charge is 0.485 e. The topological polar surface area (TPSA) is 35.2 Å². The van der Waals surface area contributed by atoms with E-state index in [1.54, 1.807) is 6.07 Å². The van der Waals surface area contributed by atoms with Crippen LogP contribution >= 0.6 is 27.5 Å². The Hall–Kier alpha value is -1.10. The van der Waals surface area contributed by atoms with Gasteiger partial charge in [-0.05, 0) is 35.9 Å². The third-order valence-corrected chi connectivity index (χ3v) is 4.08. The first-order valence-electron chi connectivity index (χ1n) is 6.20. The molecule has 0 spiro atoms. The smallest absolute Gasteiger partial charge is 0.126 e. The minimum atomic E-state index is -0.371. The van der Waals surface area contributed by atoms with Crippen molar-refractivity contribution in [3.8, 4) is 5.75 Å². The van der Waals surface area contributed by atoms with E-state index in [1.165, 1.54) is 12.1 Å². The number of hydrogen-bond donors (Lipinski definition) is 1. The van der Waals surface area contributed by atoms with Crippen LogP contribution in [-0.4, -0.2) is 0 Å². The Balaban J connectivity index is 1.98. The van der Waals surface area contributed by atoms with Crippen LogP contribution in [0.3, 0.4) is 0 Å². The van der Waals surface area contributed by atoms with Gasteiger partial charge in [0, 0.05) is 27.5 Å². The molecule has 20 heavy (non-hydrogen) atoms. The second kappa shape index (κ2) is 5.35. The summed E-state index contributed by atoms with van der Waals surface area (Å²) in [6.07, 6.45) is 0.300. The maximum absolute atomic E-state index is 13.5. The van der Waals surface area contributed by atoms with Gasteiger partial charge in [0.2, 0.25) is 0 Å². The van der Waals surface area contributed by atoms with Crippen LogP contribution in [-0.2, 0) is 0 Å². The SMILES string of the molecule is N[C@@H]1CC(c2cc(F)cc(Cl)c2)Oc2cc(Br)ccc21. The van der Waals surface area contributed by atoms with Crippen LogP contribution in [0.15, 0.2) is 40.9 Å². The first kappa shape index (κ1) is 13.9.